The van der Waals surface area contributed by atoms with Gasteiger partial charge in [-0.25, -0.2) is 4.79 Å². The summed E-state index contributed by atoms with van der Waals surface area (Å²) in [5.74, 6) is -0.808. The summed E-state index contributed by atoms with van der Waals surface area (Å²) in [5, 5.41) is 20.5. The van der Waals surface area contributed by atoms with Crippen molar-refractivity contribution in [3.8, 4) is 5.75 Å². The number of hydrogen-bond donors (Lipinski definition) is 2. The molecule has 0 bridgehead atoms. The number of aromatic hydroxyl groups is 1. The number of carbonyl (C=O) groups is 2. The summed E-state index contributed by atoms with van der Waals surface area (Å²) >= 11 is 0. The zero-order valence-corrected chi connectivity index (χ0v) is 15.2. The smallest absolute Gasteiger partial charge is 0.342 e. The van der Waals surface area contributed by atoms with Crippen LogP contribution < -0.4 is 0 Å². The van der Waals surface area contributed by atoms with Crippen molar-refractivity contribution >= 4 is 11.8 Å². The third-order valence-electron chi connectivity index (χ3n) is 4.53. The highest BCUT2D eigenvalue weighted by Crippen LogP contribution is 2.26. The first-order valence-corrected chi connectivity index (χ1v) is 8.90. The van der Waals surface area contributed by atoms with Crippen LogP contribution in [0.2, 0.25) is 0 Å². The quantitative estimate of drug-likeness (QED) is 0.492. The molecule has 0 spiro atoms. The molecular formula is C21H26O5. The molecule has 1 aromatic carbocycles. The molecule has 0 saturated heterocycles. The highest BCUT2D eigenvalue weighted by Gasteiger charge is 2.25. The molecule has 3 unspecified atom stereocenters. The summed E-state index contributed by atoms with van der Waals surface area (Å²) in [6, 6.07) is 4.94. The van der Waals surface area contributed by atoms with Gasteiger partial charge in [0.2, 0.25) is 0 Å². The minimum absolute atomic E-state index is 0.0207. The van der Waals surface area contributed by atoms with Crippen LogP contribution >= 0.6 is 0 Å². The Hall–Kier alpha value is -2.40. The van der Waals surface area contributed by atoms with E-state index in [1.54, 1.807) is 18.2 Å². The number of cyclic esters (lactones) is 1. The van der Waals surface area contributed by atoms with Crippen molar-refractivity contribution in [2.75, 3.05) is 0 Å². The van der Waals surface area contributed by atoms with E-state index in [0.717, 1.165) is 0 Å². The maximum Gasteiger partial charge on any atom is 0.342 e. The van der Waals surface area contributed by atoms with Crippen molar-refractivity contribution in [1.29, 1.82) is 0 Å². The number of hydrogen-bond acceptors (Lipinski definition) is 5. The fraction of sp³-hybridized carbons (Fsp3) is 0.429. The van der Waals surface area contributed by atoms with E-state index in [4.69, 9.17) is 4.74 Å². The van der Waals surface area contributed by atoms with E-state index in [2.05, 4.69) is 0 Å². The number of phenolic OH excluding ortho intramolecular Hbond substituents is 1. The van der Waals surface area contributed by atoms with Gasteiger partial charge in [-0.15, -0.1) is 0 Å². The van der Waals surface area contributed by atoms with Gasteiger partial charge >= 0.3 is 5.97 Å². The molecule has 1 aromatic rings. The van der Waals surface area contributed by atoms with Gasteiger partial charge in [0.05, 0.1) is 6.10 Å². The Morgan fingerprint density at radius 3 is 2.85 bits per heavy atom. The number of allylic oxidation sites excluding steroid dienone is 3. The van der Waals surface area contributed by atoms with Crippen molar-refractivity contribution < 1.29 is 24.5 Å². The van der Waals surface area contributed by atoms with Gasteiger partial charge in [-0.2, -0.15) is 0 Å². The highest BCUT2D eigenvalue weighted by molar-refractivity contribution is 5.94. The second kappa shape index (κ2) is 9.34. The first kappa shape index (κ1) is 19.9. The molecule has 2 N–H and O–H groups in total. The van der Waals surface area contributed by atoms with Crippen LogP contribution in [0.4, 0.5) is 0 Å². The summed E-state index contributed by atoms with van der Waals surface area (Å²) in [7, 11) is 0. The topological polar surface area (TPSA) is 83.8 Å². The predicted octanol–water partition coefficient (Wildman–Crippen LogP) is 3.34. The van der Waals surface area contributed by atoms with Crippen LogP contribution in [0.25, 0.3) is 0 Å². The van der Waals surface area contributed by atoms with Crippen LogP contribution in [0.5, 0.6) is 5.75 Å². The Kier molecular flexibility index (Phi) is 7.16. The summed E-state index contributed by atoms with van der Waals surface area (Å²) in [6.45, 7) is 3.39. The van der Waals surface area contributed by atoms with Gasteiger partial charge in [0.25, 0.3) is 0 Å². The Balaban J connectivity index is 2.32. The normalized spacial score (nSPS) is 25.7. The Morgan fingerprint density at radius 1 is 1.35 bits per heavy atom. The minimum atomic E-state index is -0.633. The maximum absolute atomic E-state index is 12.7. The van der Waals surface area contributed by atoms with Crippen molar-refractivity contribution in [1.82, 2.24) is 0 Å². The van der Waals surface area contributed by atoms with Crippen LogP contribution in [0.3, 0.4) is 0 Å². The molecule has 140 valence electrons. The lowest BCUT2D eigenvalue weighted by Gasteiger charge is -2.24. The lowest BCUT2D eigenvalue weighted by molar-refractivity contribution is -0.112. The molecule has 1 aliphatic rings. The molecule has 0 saturated carbocycles. The van der Waals surface area contributed by atoms with Gasteiger partial charge in [-0.3, -0.25) is 4.79 Å². The summed E-state index contributed by atoms with van der Waals surface area (Å²) in [4.78, 5) is 23.8. The molecular weight excluding hydrogens is 332 g/mol. The molecule has 2 rings (SSSR count). The third-order valence-corrected chi connectivity index (χ3v) is 4.53. The first-order valence-electron chi connectivity index (χ1n) is 8.90. The monoisotopic (exact) mass is 358 g/mol. The number of rotatable bonds is 3. The fourth-order valence-corrected chi connectivity index (χ4v) is 2.96. The summed E-state index contributed by atoms with van der Waals surface area (Å²) < 4.78 is 5.59. The Labute approximate surface area is 154 Å². The molecule has 26 heavy (non-hydrogen) atoms. The maximum atomic E-state index is 12.7. The van der Waals surface area contributed by atoms with E-state index < -0.39 is 18.2 Å². The molecule has 1 heterocycles. The molecule has 0 radical (unpaired) electrons. The Morgan fingerprint density at radius 2 is 2.12 bits per heavy atom. The molecule has 1 aliphatic heterocycles. The number of fused-ring (bicyclic) bond motifs is 1. The molecule has 5 nitrogen and oxygen atoms in total. The van der Waals surface area contributed by atoms with Gasteiger partial charge in [-0.1, -0.05) is 37.3 Å². The van der Waals surface area contributed by atoms with E-state index in [9.17, 15) is 19.8 Å². The first-order chi connectivity index (χ1) is 12.4. The molecule has 3 atom stereocenters. The molecule has 0 fully saturated rings. The average molecular weight is 358 g/mol. The highest BCUT2D eigenvalue weighted by atomic mass is 16.5. The number of aliphatic hydroxyl groups is 1. The van der Waals surface area contributed by atoms with E-state index in [0.29, 0.717) is 24.8 Å². The number of esters is 1. The van der Waals surface area contributed by atoms with Crippen LogP contribution in [-0.4, -0.2) is 34.2 Å². The van der Waals surface area contributed by atoms with Crippen molar-refractivity contribution in [2.24, 2.45) is 5.92 Å². The van der Waals surface area contributed by atoms with Gasteiger partial charge in [0.1, 0.15) is 17.4 Å². The molecule has 0 aromatic heterocycles. The van der Waals surface area contributed by atoms with Crippen molar-refractivity contribution in [3.05, 3.63) is 53.6 Å². The average Bonchev–Trinajstić information content (AvgIpc) is 2.57. The van der Waals surface area contributed by atoms with Crippen molar-refractivity contribution in [2.45, 2.75) is 51.7 Å². The molecule has 0 aliphatic carbocycles. The Bertz CT molecular complexity index is 704. The van der Waals surface area contributed by atoms with Crippen molar-refractivity contribution in [3.63, 3.8) is 0 Å². The number of ketones is 1. The molecule has 0 amide bonds. The van der Waals surface area contributed by atoms with Crippen LogP contribution in [0.1, 0.15) is 49.0 Å². The van der Waals surface area contributed by atoms with E-state index in [1.807, 2.05) is 19.1 Å². The summed E-state index contributed by atoms with van der Waals surface area (Å²) in [5.41, 5.74) is 0.846. The predicted molar refractivity (Wildman–Crippen MR) is 99.0 cm³/mol. The second-order valence-corrected chi connectivity index (χ2v) is 6.78. The van der Waals surface area contributed by atoms with Gasteiger partial charge in [-0.05, 0) is 43.4 Å². The van der Waals surface area contributed by atoms with E-state index in [-0.39, 0.29) is 29.4 Å². The number of phenols is 1. The van der Waals surface area contributed by atoms with Crippen LogP contribution in [-0.2, 0) is 16.0 Å². The van der Waals surface area contributed by atoms with Crippen LogP contribution in [0, 0.1) is 5.92 Å². The summed E-state index contributed by atoms with van der Waals surface area (Å²) in [6.07, 6.45) is 7.58. The van der Waals surface area contributed by atoms with E-state index >= 15 is 0 Å². The standard InChI is InChI=1S/C21H26O5/c1-14-7-3-4-9-16-10-6-12-18(23)20(16)21(25)26-17(13-19(14)24)11-5-8-15(2)22/h3-6,8,10,12,14,17,19,23-24H,7,9,11,13H2,1-2H3/b4-3+,8-5+. The zero-order valence-electron chi connectivity index (χ0n) is 15.2. The number of benzene rings is 1. The van der Waals surface area contributed by atoms with E-state index in [1.165, 1.54) is 19.1 Å². The number of carbonyl (C=O) groups excluding carboxylic acids is 2. The van der Waals surface area contributed by atoms with Gasteiger partial charge in [0, 0.05) is 12.8 Å². The fourth-order valence-electron chi connectivity index (χ4n) is 2.96. The minimum Gasteiger partial charge on any atom is -0.507 e. The van der Waals surface area contributed by atoms with Gasteiger partial charge in [0.15, 0.2) is 5.78 Å². The largest absolute Gasteiger partial charge is 0.507 e. The zero-order chi connectivity index (χ0) is 19.1. The second-order valence-electron chi connectivity index (χ2n) is 6.78. The number of aliphatic hydroxyl groups excluding tert-OH is 1. The van der Waals surface area contributed by atoms with Crippen LogP contribution in [0.15, 0.2) is 42.5 Å². The SMILES string of the molecule is CC(=O)/C=C/CC1CC(O)C(C)C/C=C/Cc2cccc(O)c2C(=O)O1. The number of ether oxygens (including phenoxy) is 1. The lowest BCUT2D eigenvalue weighted by Crippen LogP contribution is -2.28. The third kappa shape index (κ3) is 5.56. The van der Waals surface area contributed by atoms with Gasteiger partial charge < -0.3 is 14.9 Å². The molecule has 5 heteroatoms. The lowest BCUT2D eigenvalue weighted by atomic mass is 9.93.